The molecular formula is C35H37NO6. The van der Waals surface area contributed by atoms with Crippen molar-refractivity contribution >= 4 is 11.8 Å². The van der Waals surface area contributed by atoms with Crippen LogP contribution in [0.5, 0.6) is 17.2 Å². The van der Waals surface area contributed by atoms with E-state index < -0.39 is 11.9 Å². The maximum absolute atomic E-state index is 13.9. The fourth-order valence-electron chi connectivity index (χ4n) is 5.75. The van der Waals surface area contributed by atoms with E-state index in [1.807, 2.05) is 86.6 Å². The summed E-state index contributed by atoms with van der Waals surface area (Å²) in [5.41, 5.74) is 5.46. The van der Waals surface area contributed by atoms with Crippen molar-refractivity contribution in [3.05, 3.63) is 112 Å². The van der Waals surface area contributed by atoms with Crippen molar-refractivity contribution in [2.45, 2.75) is 51.6 Å². The zero-order valence-corrected chi connectivity index (χ0v) is 24.6. The van der Waals surface area contributed by atoms with E-state index in [0.717, 1.165) is 28.1 Å². The number of esters is 1. The predicted octanol–water partition coefficient (Wildman–Crippen LogP) is 6.60. The highest BCUT2D eigenvalue weighted by molar-refractivity contribution is 6.04. The lowest BCUT2D eigenvalue weighted by Gasteiger charge is -2.37. The standard InChI is InChI=1S/C35H37NO6/c1-5-17-41-35(38)32-22(2)36-28-18-26(24-11-14-27(39-3)15-12-24)19-29(37)34(28)33(32)25-13-16-30(31(20-25)40-4)42-21-23-9-7-6-8-10-23/h6-16,20,26,33,36H,5,17-19,21H2,1-4H3/t26-,33+/m1/s1. The van der Waals surface area contributed by atoms with E-state index in [1.165, 1.54) is 0 Å². The van der Waals surface area contributed by atoms with Crippen molar-refractivity contribution in [1.29, 1.82) is 0 Å². The molecule has 3 aromatic rings. The molecule has 42 heavy (non-hydrogen) atoms. The van der Waals surface area contributed by atoms with Gasteiger partial charge in [-0.15, -0.1) is 0 Å². The third-order valence-corrected chi connectivity index (χ3v) is 7.83. The van der Waals surface area contributed by atoms with E-state index >= 15 is 0 Å². The summed E-state index contributed by atoms with van der Waals surface area (Å²) in [5.74, 6) is 0.891. The summed E-state index contributed by atoms with van der Waals surface area (Å²) in [4.78, 5) is 27.4. The van der Waals surface area contributed by atoms with Crippen LogP contribution in [0.25, 0.3) is 0 Å². The van der Waals surface area contributed by atoms with Crippen molar-refractivity contribution in [3.8, 4) is 17.2 Å². The van der Waals surface area contributed by atoms with E-state index in [4.69, 9.17) is 18.9 Å². The van der Waals surface area contributed by atoms with Gasteiger partial charge in [-0.3, -0.25) is 4.79 Å². The van der Waals surface area contributed by atoms with Crippen LogP contribution in [0.2, 0.25) is 0 Å². The van der Waals surface area contributed by atoms with Gasteiger partial charge in [-0.2, -0.15) is 0 Å². The number of hydrogen-bond acceptors (Lipinski definition) is 7. The molecule has 0 amide bonds. The first kappa shape index (κ1) is 29.0. The summed E-state index contributed by atoms with van der Waals surface area (Å²) in [7, 11) is 3.22. The summed E-state index contributed by atoms with van der Waals surface area (Å²) in [5, 5.41) is 3.41. The van der Waals surface area contributed by atoms with Crippen LogP contribution in [0, 0.1) is 0 Å². The number of allylic oxidation sites excluding steroid dienone is 3. The molecule has 0 fully saturated rings. The largest absolute Gasteiger partial charge is 0.497 e. The first-order valence-corrected chi connectivity index (χ1v) is 14.3. The van der Waals surface area contributed by atoms with E-state index in [-0.39, 0.29) is 11.7 Å². The Hall–Kier alpha value is -4.52. The van der Waals surface area contributed by atoms with Gasteiger partial charge in [0.1, 0.15) is 12.4 Å². The molecule has 7 nitrogen and oxygen atoms in total. The molecule has 1 aliphatic carbocycles. The molecule has 0 radical (unpaired) electrons. The molecule has 1 heterocycles. The molecule has 2 atom stereocenters. The van der Waals surface area contributed by atoms with Crippen LogP contribution >= 0.6 is 0 Å². The molecule has 7 heteroatoms. The maximum atomic E-state index is 13.9. The van der Waals surface area contributed by atoms with Crippen molar-refractivity contribution in [2.75, 3.05) is 20.8 Å². The summed E-state index contributed by atoms with van der Waals surface area (Å²) in [6, 6.07) is 23.4. The number of rotatable bonds is 10. The summed E-state index contributed by atoms with van der Waals surface area (Å²) >= 11 is 0. The Labute approximate surface area is 247 Å². The smallest absolute Gasteiger partial charge is 0.336 e. The lowest BCUT2D eigenvalue weighted by molar-refractivity contribution is -0.139. The van der Waals surface area contributed by atoms with Gasteiger partial charge in [-0.05, 0) is 66.6 Å². The Morgan fingerprint density at radius 3 is 2.33 bits per heavy atom. The van der Waals surface area contributed by atoms with Gasteiger partial charge in [0.2, 0.25) is 0 Å². The van der Waals surface area contributed by atoms with Crippen molar-refractivity contribution < 1.29 is 28.5 Å². The number of nitrogens with one attached hydrogen (secondary N) is 1. The Morgan fingerprint density at radius 2 is 1.64 bits per heavy atom. The van der Waals surface area contributed by atoms with Gasteiger partial charge in [0.25, 0.3) is 0 Å². The van der Waals surface area contributed by atoms with Crippen molar-refractivity contribution in [3.63, 3.8) is 0 Å². The summed E-state index contributed by atoms with van der Waals surface area (Å²) in [6.07, 6.45) is 1.69. The first-order chi connectivity index (χ1) is 20.4. The molecule has 0 saturated carbocycles. The van der Waals surface area contributed by atoms with Gasteiger partial charge >= 0.3 is 5.97 Å². The minimum Gasteiger partial charge on any atom is -0.497 e. The van der Waals surface area contributed by atoms with Crippen LogP contribution in [-0.4, -0.2) is 32.6 Å². The van der Waals surface area contributed by atoms with E-state index in [2.05, 4.69) is 5.32 Å². The van der Waals surface area contributed by atoms with Crippen molar-refractivity contribution in [1.82, 2.24) is 5.32 Å². The SMILES string of the molecule is CCCOC(=O)C1=C(C)NC2=C(C(=O)C[C@H](c3ccc(OC)cc3)C2)[C@H]1c1ccc(OCc2ccccc2)c(OC)c1. The molecule has 5 rings (SSSR count). The number of Topliss-reactive ketones (excluding diaryl/α,β-unsaturated/α-hetero) is 1. The number of methoxy groups -OCH3 is 2. The average molecular weight is 568 g/mol. The zero-order chi connectivity index (χ0) is 29.6. The summed E-state index contributed by atoms with van der Waals surface area (Å²) < 4.78 is 22.7. The van der Waals surface area contributed by atoms with Crippen LogP contribution in [-0.2, 0) is 20.9 Å². The zero-order valence-electron chi connectivity index (χ0n) is 24.6. The summed E-state index contributed by atoms with van der Waals surface area (Å²) in [6.45, 7) is 4.51. The molecule has 0 saturated heterocycles. The third kappa shape index (κ3) is 6.05. The van der Waals surface area contributed by atoms with Gasteiger partial charge in [0.05, 0.1) is 26.4 Å². The van der Waals surface area contributed by atoms with Gasteiger partial charge in [-0.1, -0.05) is 55.5 Å². The molecule has 0 spiro atoms. The fraction of sp³-hybridized carbons (Fsp3) is 0.314. The molecule has 3 aromatic carbocycles. The lowest BCUT2D eigenvalue weighted by Crippen LogP contribution is -2.36. The third-order valence-electron chi connectivity index (χ3n) is 7.83. The second-order valence-electron chi connectivity index (χ2n) is 10.6. The number of dihydropyridines is 1. The molecule has 2 aliphatic rings. The highest BCUT2D eigenvalue weighted by Gasteiger charge is 2.41. The van der Waals surface area contributed by atoms with Crippen molar-refractivity contribution in [2.24, 2.45) is 0 Å². The number of hydrogen-bond donors (Lipinski definition) is 1. The fourth-order valence-corrected chi connectivity index (χ4v) is 5.75. The van der Waals surface area contributed by atoms with Crippen LogP contribution in [0.3, 0.4) is 0 Å². The van der Waals surface area contributed by atoms with Gasteiger partial charge in [0.15, 0.2) is 17.3 Å². The second-order valence-corrected chi connectivity index (χ2v) is 10.6. The molecule has 218 valence electrons. The first-order valence-electron chi connectivity index (χ1n) is 14.3. The number of ketones is 1. The highest BCUT2D eigenvalue weighted by atomic mass is 16.5. The number of benzene rings is 3. The minimum atomic E-state index is -0.591. The quantitative estimate of drug-likeness (QED) is 0.277. The Bertz CT molecular complexity index is 1510. The molecule has 0 unspecified atom stereocenters. The maximum Gasteiger partial charge on any atom is 0.336 e. The van der Waals surface area contributed by atoms with E-state index in [1.54, 1.807) is 14.2 Å². The minimum absolute atomic E-state index is 0.00577. The monoisotopic (exact) mass is 567 g/mol. The van der Waals surface area contributed by atoms with Crippen LogP contribution in [0.1, 0.15) is 61.6 Å². The molecule has 1 N–H and O–H groups in total. The van der Waals surface area contributed by atoms with Gasteiger partial charge in [-0.25, -0.2) is 4.79 Å². The Balaban J connectivity index is 1.51. The lowest BCUT2D eigenvalue weighted by atomic mass is 9.71. The molecule has 1 aliphatic heterocycles. The Morgan fingerprint density at radius 1 is 0.905 bits per heavy atom. The molecular weight excluding hydrogens is 530 g/mol. The number of carbonyl (C=O) groups is 2. The molecule has 0 aromatic heterocycles. The van der Waals surface area contributed by atoms with Gasteiger partial charge < -0.3 is 24.3 Å². The van der Waals surface area contributed by atoms with E-state index in [9.17, 15) is 9.59 Å². The highest BCUT2D eigenvalue weighted by Crippen LogP contribution is 2.47. The number of carbonyl (C=O) groups excluding carboxylic acids is 2. The molecule has 0 bridgehead atoms. The van der Waals surface area contributed by atoms with Crippen LogP contribution in [0.4, 0.5) is 0 Å². The predicted molar refractivity (Wildman–Crippen MR) is 161 cm³/mol. The van der Waals surface area contributed by atoms with E-state index in [0.29, 0.717) is 60.8 Å². The number of ether oxygens (including phenoxy) is 4. The van der Waals surface area contributed by atoms with Crippen LogP contribution in [0.15, 0.2) is 95.3 Å². The Kier molecular flexibility index (Phi) is 8.96. The average Bonchev–Trinajstić information content (AvgIpc) is 3.02. The van der Waals surface area contributed by atoms with Gasteiger partial charge in [0, 0.05) is 29.3 Å². The normalized spacial score (nSPS) is 18.2. The second kappa shape index (κ2) is 13.0. The van der Waals surface area contributed by atoms with Crippen LogP contribution < -0.4 is 19.5 Å². The topological polar surface area (TPSA) is 83.1 Å².